The van der Waals surface area contributed by atoms with Gasteiger partial charge in [0.2, 0.25) is 10.0 Å². The minimum atomic E-state index is -3.76. The lowest BCUT2D eigenvalue weighted by Gasteiger charge is -2.20. The van der Waals surface area contributed by atoms with Crippen molar-refractivity contribution < 1.29 is 12.8 Å². The van der Waals surface area contributed by atoms with Crippen molar-refractivity contribution in [2.75, 3.05) is 13.1 Å². The van der Waals surface area contributed by atoms with Gasteiger partial charge in [-0.2, -0.15) is 4.31 Å². The molecule has 18 heavy (non-hydrogen) atoms. The van der Waals surface area contributed by atoms with Crippen molar-refractivity contribution in [2.45, 2.75) is 30.6 Å². The van der Waals surface area contributed by atoms with Gasteiger partial charge in [-0.05, 0) is 31.0 Å². The van der Waals surface area contributed by atoms with Crippen LogP contribution in [0.5, 0.6) is 0 Å². The Labute approximate surface area is 112 Å². The molecule has 1 saturated heterocycles. The molecule has 2 rings (SSSR count). The molecule has 0 radical (unpaired) electrons. The second-order valence-corrected chi connectivity index (χ2v) is 6.74. The van der Waals surface area contributed by atoms with E-state index in [2.05, 4.69) is 0 Å². The van der Waals surface area contributed by atoms with Crippen LogP contribution in [0.1, 0.15) is 25.7 Å². The standard InChI is InChI=1S/C12H15ClFNO2S/c13-10-5-6-11(14)12(9-10)18(16,17)15-7-3-1-2-4-8-15/h5-6,9H,1-4,7-8H2. The summed E-state index contributed by atoms with van der Waals surface area (Å²) < 4.78 is 39.7. The summed E-state index contributed by atoms with van der Waals surface area (Å²) in [6, 6.07) is 3.61. The summed E-state index contributed by atoms with van der Waals surface area (Å²) in [5, 5.41) is 0.227. The molecule has 0 atom stereocenters. The van der Waals surface area contributed by atoms with Crippen molar-refractivity contribution in [3.63, 3.8) is 0 Å². The molecule has 1 aliphatic rings. The first-order valence-corrected chi connectivity index (χ1v) is 7.79. The first kappa shape index (κ1) is 13.8. The van der Waals surface area contributed by atoms with Crippen LogP contribution in [0.25, 0.3) is 0 Å². The van der Waals surface area contributed by atoms with Crippen LogP contribution in [0.15, 0.2) is 23.1 Å². The van der Waals surface area contributed by atoms with Gasteiger partial charge in [-0.25, -0.2) is 12.8 Å². The fourth-order valence-electron chi connectivity index (χ4n) is 2.10. The summed E-state index contributed by atoms with van der Waals surface area (Å²) >= 11 is 5.74. The Morgan fingerprint density at radius 3 is 2.33 bits per heavy atom. The lowest BCUT2D eigenvalue weighted by Crippen LogP contribution is -2.32. The number of rotatable bonds is 2. The average molecular weight is 292 g/mol. The van der Waals surface area contributed by atoms with E-state index >= 15 is 0 Å². The minimum Gasteiger partial charge on any atom is -0.207 e. The van der Waals surface area contributed by atoms with Gasteiger partial charge in [-0.1, -0.05) is 24.4 Å². The molecule has 0 bridgehead atoms. The van der Waals surface area contributed by atoms with Crippen LogP contribution in [0, 0.1) is 5.82 Å². The van der Waals surface area contributed by atoms with Gasteiger partial charge >= 0.3 is 0 Å². The average Bonchev–Trinajstić information content (AvgIpc) is 2.61. The Morgan fingerprint density at radius 1 is 1.11 bits per heavy atom. The van der Waals surface area contributed by atoms with Crippen molar-refractivity contribution in [3.05, 3.63) is 29.0 Å². The molecule has 0 unspecified atom stereocenters. The Bertz CT molecular complexity index is 525. The van der Waals surface area contributed by atoms with Gasteiger partial charge in [0.05, 0.1) is 0 Å². The van der Waals surface area contributed by atoms with Crippen molar-refractivity contribution in [3.8, 4) is 0 Å². The van der Waals surface area contributed by atoms with Crippen LogP contribution >= 0.6 is 11.6 Å². The summed E-state index contributed by atoms with van der Waals surface area (Å²) in [6.07, 6.45) is 3.68. The lowest BCUT2D eigenvalue weighted by molar-refractivity contribution is 0.419. The van der Waals surface area contributed by atoms with Gasteiger partial charge in [0.25, 0.3) is 0 Å². The highest BCUT2D eigenvalue weighted by atomic mass is 35.5. The van der Waals surface area contributed by atoms with Crippen LogP contribution in [-0.2, 0) is 10.0 Å². The van der Waals surface area contributed by atoms with Gasteiger partial charge in [0.15, 0.2) is 0 Å². The third-order valence-electron chi connectivity index (χ3n) is 3.08. The molecule has 0 amide bonds. The SMILES string of the molecule is O=S(=O)(c1cc(Cl)ccc1F)N1CCCCCC1. The second-order valence-electron chi connectivity index (χ2n) is 4.39. The molecule has 3 nitrogen and oxygen atoms in total. The smallest absolute Gasteiger partial charge is 0.207 e. The summed E-state index contributed by atoms with van der Waals surface area (Å²) in [5.74, 6) is -0.747. The van der Waals surface area contributed by atoms with Crippen LogP contribution < -0.4 is 0 Å². The molecule has 6 heteroatoms. The number of hydrogen-bond donors (Lipinski definition) is 0. The number of sulfonamides is 1. The number of benzene rings is 1. The van der Waals surface area contributed by atoms with E-state index in [1.54, 1.807) is 0 Å². The Balaban J connectivity index is 2.37. The molecule has 0 spiro atoms. The normalized spacial score (nSPS) is 18.6. The Morgan fingerprint density at radius 2 is 1.72 bits per heavy atom. The first-order valence-electron chi connectivity index (χ1n) is 5.97. The number of halogens is 2. The van der Waals surface area contributed by atoms with Crippen molar-refractivity contribution in [1.29, 1.82) is 0 Å². The van der Waals surface area contributed by atoms with E-state index in [4.69, 9.17) is 11.6 Å². The Kier molecular flexibility index (Phi) is 4.25. The molecule has 1 aromatic carbocycles. The molecule has 1 aliphatic heterocycles. The van der Waals surface area contributed by atoms with E-state index in [1.807, 2.05) is 0 Å². The van der Waals surface area contributed by atoms with Crippen molar-refractivity contribution in [1.82, 2.24) is 4.31 Å². The van der Waals surface area contributed by atoms with E-state index < -0.39 is 15.8 Å². The predicted molar refractivity (Wildman–Crippen MR) is 68.6 cm³/mol. The third-order valence-corrected chi connectivity index (χ3v) is 5.22. The summed E-state index contributed by atoms with van der Waals surface area (Å²) in [5.41, 5.74) is 0. The fraction of sp³-hybridized carbons (Fsp3) is 0.500. The largest absolute Gasteiger partial charge is 0.246 e. The maximum absolute atomic E-state index is 13.7. The van der Waals surface area contributed by atoms with E-state index in [1.165, 1.54) is 16.4 Å². The van der Waals surface area contributed by atoms with Gasteiger partial charge in [-0.15, -0.1) is 0 Å². The summed E-state index contributed by atoms with van der Waals surface area (Å²) in [7, 11) is -3.76. The van der Waals surface area contributed by atoms with Crippen LogP contribution in [0.3, 0.4) is 0 Å². The maximum Gasteiger partial charge on any atom is 0.246 e. The lowest BCUT2D eigenvalue weighted by atomic mass is 10.2. The molecule has 100 valence electrons. The minimum absolute atomic E-state index is 0.227. The van der Waals surface area contributed by atoms with Gasteiger partial charge < -0.3 is 0 Å². The molecule has 0 N–H and O–H groups in total. The predicted octanol–water partition coefficient (Wildman–Crippen LogP) is 3.04. The Hall–Kier alpha value is -0.650. The molecule has 1 heterocycles. The highest BCUT2D eigenvalue weighted by Crippen LogP contribution is 2.25. The zero-order valence-corrected chi connectivity index (χ0v) is 11.5. The first-order chi connectivity index (χ1) is 8.51. The topological polar surface area (TPSA) is 37.4 Å². The third kappa shape index (κ3) is 2.84. The van der Waals surface area contributed by atoms with E-state index in [-0.39, 0.29) is 9.92 Å². The van der Waals surface area contributed by atoms with Crippen LogP contribution in [0.4, 0.5) is 4.39 Å². The molecule has 1 aromatic rings. The fourth-order valence-corrected chi connectivity index (χ4v) is 3.94. The maximum atomic E-state index is 13.7. The van der Waals surface area contributed by atoms with Crippen molar-refractivity contribution in [2.24, 2.45) is 0 Å². The van der Waals surface area contributed by atoms with Gasteiger partial charge in [0, 0.05) is 18.1 Å². The van der Waals surface area contributed by atoms with E-state index in [9.17, 15) is 12.8 Å². The number of hydrogen-bond acceptors (Lipinski definition) is 2. The highest BCUT2D eigenvalue weighted by molar-refractivity contribution is 7.89. The monoisotopic (exact) mass is 291 g/mol. The molecule has 0 aliphatic carbocycles. The zero-order chi connectivity index (χ0) is 13.2. The van der Waals surface area contributed by atoms with Gasteiger partial charge in [-0.3, -0.25) is 0 Å². The molecule has 0 saturated carbocycles. The number of nitrogens with zero attached hydrogens (tertiary/aromatic N) is 1. The van der Waals surface area contributed by atoms with Gasteiger partial charge in [0.1, 0.15) is 10.7 Å². The molecular weight excluding hydrogens is 277 g/mol. The zero-order valence-electron chi connectivity index (χ0n) is 9.90. The van der Waals surface area contributed by atoms with Crippen molar-refractivity contribution >= 4 is 21.6 Å². The summed E-state index contributed by atoms with van der Waals surface area (Å²) in [6.45, 7) is 0.905. The molecule has 1 fully saturated rings. The molecular formula is C12H15ClFNO2S. The highest BCUT2D eigenvalue weighted by Gasteiger charge is 2.28. The van der Waals surface area contributed by atoms with Crippen LogP contribution in [-0.4, -0.2) is 25.8 Å². The van der Waals surface area contributed by atoms with E-state index in [0.29, 0.717) is 13.1 Å². The summed E-state index contributed by atoms with van der Waals surface area (Å²) in [4.78, 5) is -0.322. The second kappa shape index (κ2) is 5.55. The van der Waals surface area contributed by atoms with Crippen LogP contribution in [0.2, 0.25) is 5.02 Å². The van der Waals surface area contributed by atoms with E-state index in [0.717, 1.165) is 31.7 Å². The molecule has 0 aromatic heterocycles. The quantitative estimate of drug-likeness (QED) is 0.840.